The molecule has 1 heterocycles. The first-order valence-corrected chi connectivity index (χ1v) is 12.3. The lowest BCUT2D eigenvalue weighted by atomic mass is 9.59. The highest BCUT2D eigenvalue weighted by molar-refractivity contribution is 6.31. The molecule has 5 rings (SSSR count). The summed E-state index contributed by atoms with van der Waals surface area (Å²) in [5.41, 5.74) is 5.26. The average molecular weight is 457 g/mol. The Morgan fingerprint density at radius 1 is 0.969 bits per heavy atom. The molecular weight excluding hydrogens is 424 g/mol. The maximum Gasteiger partial charge on any atom is 0.110 e. The average Bonchev–Trinajstić information content (AvgIpc) is 3.27. The second-order valence-electron chi connectivity index (χ2n) is 10.2. The van der Waals surface area contributed by atoms with Crippen molar-refractivity contribution in [3.05, 3.63) is 69.7 Å². The fraction of sp³-hybridized carbons (Fsp3) is 0.556. The molecule has 0 amide bonds. The van der Waals surface area contributed by atoms with E-state index in [0.29, 0.717) is 10.4 Å². The molecule has 2 unspecified atom stereocenters. The lowest BCUT2D eigenvalue weighted by Gasteiger charge is -2.46. The van der Waals surface area contributed by atoms with E-state index >= 15 is 0 Å². The van der Waals surface area contributed by atoms with Gasteiger partial charge in [-0.05, 0) is 71.8 Å². The summed E-state index contributed by atoms with van der Waals surface area (Å²) < 4.78 is 5.85. The molecule has 1 spiro atoms. The van der Waals surface area contributed by atoms with Gasteiger partial charge in [0.25, 0.3) is 0 Å². The molecule has 32 heavy (non-hydrogen) atoms. The van der Waals surface area contributed by atoms with Gasteiger partial charge in [-0.1, -0.05) is 60.8 Å². The molecule has 5 heteroatoms. The Morgan fingerprint density at radius 2 is 1.66 bits per heavy atom. The summed E-state index contributed by atoms with van der Waals surface area (Å²) in [5, 5.41) is 30.3. The Morgan fingerprint density at radius 3 is 2.34 bits per heavy atom. The smallest absolute Gasteiger partial charge is 0.110 e. The molecule has 0 radical (unpaired) electrons. The number of hydrogen-bond acceptors (Lipinski definition) is 4. The van der Waals surface area contributed by atoms with Crippen LogP contribution in [0.2, 0.25) is 5.02 Å². The maximum absolute atomic E-state index is 10.2. The number of ether oxygens (including phenoxy) is 1. The Hall–Kier alpha value is -1.43. The van der Waals surface area contributed by atoms with E-state index in [1.54, 1.807) is 0 Å². The van der Waals surface area contributed by atoms with Gasteiger partial charge in [-0.25, -0.2) is 0 Å². The van der Waals surface area contributed by atoms with Crippen molar-refractivity contribution in [1.29, 1.82) is 0 Å². The van der Waals surface area contributed by atoms with Gasteiger partial charge in [-0.2, -0.15) is 0 Å². The van der Waals surface area contributed by atoms with Crippen LogP contribution in [-0.2, 0) is 11.2 Å². The predicted octanol–water partition coefficient (Wildman–Crippen LogP) is 4.91. The van der Waals surface area contributed by atoms with E-state index in [2.05, 4.69) is 24.3 Å². The van der Waals surface area contributed by atoms with Gasteiger partial charge in [0.15, 0.2) is 0 Å². The molecule has 3 N–H and O–H groups in total. The first kappa shape index (κ1) is 22.4. The molecular formula is C27H33ClO4. The first-order valence-electron chi connectivity index (χ1n) is 12.0. The standard InChI is InChI=1S/C27H33ClO4/c28-22-8-7-19(24-13-23(30)26(31)25(16-29)32-24)12-20(22)11-17-3-5-18(6-4-17)21-14-27(15-21)9-1-2-10-27/h3-8,12,21,23-26,29-31H,1-2,9-11,13-16H2/t23?,24-,25?,26-/m0/s1. The summed E-state index contributed by atoms with van der Waals surface area (Å²) >= 11 is 6.51. The van der Waals surface area contributed by atoms with Gasteiger partial charge < -0.3 is 20.1 Å². The molecule has 2 aromatic carbocycles. The number of rotatable bonds is 5. The summed E-state index contributed by atoms with van der Waals surface area (Å²) in [4.78, 5) is 0. The zero-order valence-corrected chi connectivity index (χ0v) is 19.2. The molecule has 0 aromatic heterocycles. The molecule has 2 saturated carbocycles. The van der Waals surface area contributed by atoms with Crippen LogP contribution in [0.5, 0.6) is 0 Å². The maximum atomic E-state index is 10.2. The zero-order valence-electron chi connectivity index (χ0n) is 18.4. The SMILES string of the molecule is OCC1O[C@H](c2ccc(Cl)c(Cc3ccc(C4CC5(CCCC5)C4)cc3)c2)CC(O)[C@@H]1O. The Labute approximate surface area is 195 Å². The molecule has 1 saturated heterocycles. The predicted molar refractivity (Wildman–Crippen MR) is 125 cm³/mol. The number of benzene rings is 2. The molecule has 0 bridgehead atoms. The molecule has 172 valence electrons. The fourth-order valence-corrected chi connectivity index (χ4v) is 6.32. The van der Waals surface area contributed by atoms with Crippen LogP contribution in [0.25, 0.3) is 0 Å². The van der Waals surface area contributed by atoms with Gasteiger partial charge in [-0.15, -0.1) is 0 Å². The van der Waals surface area contributed by atoms with Crippen molar-refractivity contribution in [3.8, 4) is 0 Å². The summed E-state index contributed by atoms with van der Waals surface area (Å²) in [5.74, 6) is 0.721. The topological polar surface area (TPSA) is 69.9 Å². The molecule has 2 aromatic rings. The van der Waals surface area contributed by atoms with Crippen LogP contribution in [0.4, 0.5) is 0 Å². The highest BCUT2D eigenvalue weighted by Crippen LogP contribution is 2.59. The van der Waals surface area contributed by atoms with Gasteiger partial charge >= 0.3 is 0 Å². The minimum absolute atomic E-state index is 0.288. The molecule has 4 atom stereocenters. The van der Waals surface area contributed by atoms with Crippen molar-refractivity contribution >= 4 is 11.6 Å². The lowest BCUT2D eigenvalue weighted by molar-refractivity contribution is -0.181. The van der Waals surface area contributed by atoms with Crippen molar-refractivity contribution in [1.82, 2.24) is 0 Å². The summed E-state index contributed by atoms with van der Waals surface area (Å²) in [6, 6.07) is 14.8. The number of halogens is 1. The van der Waals surface area contributed by atoms with Gasteiger partial charge in [0.05, 0.1) is 18.8 Å². The second-order valence-corrected chi connectivity index (χ2v) is 10.6. The molecule has 1 aliphatic heterocycles. The highest BCUT2D eigenvalue weighted by atomic mass is 35.5. The van der Waals surface area contributed by atoms with Crippen molar-refractivity contribution in [2.45, 2.75) is 81.7 Å². The number of aliphatic hydroxyl groups excluding tert-OH is 3. The van der Waals surface area contributed by atoms with Crippen LogP contribution < -0.4 is 0 Å². The van der Waals surface area contributed by atoms with Crippen LogP contribution in [0, 0.1) is 5.41 Å². The third-order valence-corrected chi connectivity index (χ3v) is 8.43. The first-order chi connectivity index (χ1) is 15.5. The zero-order chi connectivity index (χ0) is 22.3. The quantitative estimate of drug-likeness (QED) is 0.597. The largest absolute Gasteiger partial charge is 0.394 e. The van der Waals surface area contributed by atoms with Crippen LogP contribution >= 0.6 is 11.6 Å². The van der Waals surface area contributed by atoms with E-state index in [-0.39, 0.29) is 19.1 Å². The Balaban J connectivity index is 1.26. The Kier molecular flexibility index (Phi) is 6.34. The van der Waals surface area contributed by atoms with E-state index in [0.717, 1.165) is 23.5 Å². The number of aliphatic hydroxyl groups is 3. The van der Waals surface area contributed by atoms with E-state index in [1.807, 2.05) is 18.2 Å². The molecule has 2 aliphatic carbocycles. The minimum Gasteiger partial charge on any atom is -0.394 e. The van der Waals surface area contributed by atoms with Crippen molar-refractivity contribution in [3.63, 3.8) is 0 Å². The summed E-state index contributed by atoms with van der Waals surface area (Å²) in [7, 11) is 0. The van der Waals surface area contributed by atoms with E-state index in [4.69, 9.17) is 16.3 Å². The Bertz CT molecular complexity index is 929. The van der Waals surface area contributed by atoms with Crippen LogP contribution in [0.15, 0.2) is 42.5 Å². The summed E-state index contributed by atoms with van der Waals surface area (Å²) in [6.07, 6.45) is 6.25. The highest BCUT2D eigenvalue weighted by Gasteiger charge is 2.45. The molecule has 4 nitrogen and oxygen atoms in total. The summed E-state index contributed by atoms with van der Waals surface area (Å²) in [6.45, 7) is -0.330. The minimum atomic E-state index is -1.07. The van der Waals surface area contributed by atoms with Crippen LogP contribution in [-0.4, -0.2) is 40.2 Å². The van der Waals surface area contributed by atoms with Crippen LogP contribution in [0.1, 0.15) is 79.2 Å². The van der Waals surface area contributed by atoms with Gasteiger partial charge in [-0.3, -0.25) is 0 Å². The van der Waals surface area contributed by atoms with E-state index in [1.165, 1.54) is 49.7 Å². The fourth-order valence-electron chi connectivity index (χ4n) is 6.13. The van der Waals surface area contributed by atoms with Crippen LogP contribution in [0.3, 0.4) is 0 Å². The number of hydrogen-bond donors (Lipinski definition) is 3. The third kappa shape index (κ3) is 4.36. The normalized spacial score (nSPS) is 29.9. The second kappa shape index (κ2) is 9.08. The van der Waals surface area contributed by atoms with Crippen molar-refractivity contribution in [2.75, 3.05) is 6.61 Å². The van der Waals surface area contributed by atoms with Gasteiger partial charge in [0.1, 0.15) is 12.2 Å². The monoisotopic (exact) mass is 456 g/mol. The van der Waals surface area contributed by atoms with Gasteiger partial charge in [0.2, 0.25) is 0 Å². The van der Waals surface area contributed by atoms with Crippen molar-refractivity contribution < 1.29 is 20.1 Å². The molecule has 3 fully saturated rings. The van der Waals surface area contributed by atoms with Gasteiger partial charge in [0, 0.05) is 11.4 Å². The van der Waals surface area contributed by atoms with Crippen molar-refractivity contribution in [2.24, 2.45) is 5.41 Å². The lowest BCUT2D eigenvalue weighted by Crippen LogP contribution is -2.47. The molecule has 3 aliphatic rings. The van der Waals surface area contributed by atoms with E-state index < -0.39 is 18.3 Å². The van der Waals surface area contributed by atoms with E-state index in [9.17, 15) is 15.3 Å². The third-order valence-electron chi connectivity index (χ3n) is 8.06.